The number of hydrogen-bond donors (Lipinski definition) is 1. The first-order valence-corrected chi connectivity index (χ1v) is 3.77. The Bertz CT molecular complexity index is 277. The van der Waals surface area contributed by atoms with E-state index in [4.69, 9.17) is 0 Å². The molecule has 0 heterocycles. The van der Waals surface area contributed by atoms with Crippen molar-refractivity contribution in [2.45, 2.75) is 6.92 Å². The summed E-state index contributed by atoms with van der Waals surface area (Å²) in [5.74, 6) is 0. The second-order valence-electron chi connectivity index (χ2n) is 2.48. The third-order valence-electron chi connectivity index (χ3n) is 1.43. The van der Waals surface area contributed by atoms with Crippen molar-refractivity contribution in [1.82, 2.24) is 0 Å². The molecule has 1 rings (SSSR count). The van der Waals surface area contributed by atoms with Crippen LogP contribution in [0, 0.1) is 0 Å². The summed E-state index contributed by atoms with van der Waals surface area (Å²) in [7, 11) is 0. The Labute approximate surface area is 71.9 Å². The Morgan fingerprint density at radius 1 is 1.33 bits per heavy atom. The van der Waals surface area contributed by atoms with Crippen molar-refractivity contribution in [2.75, 3.05) is 5.32 Å². The molecule has 1 N–H and O–H groups in total. The van der Waals surface area contributed by atoms with Crippen LogP contribution in [0.4, 0.5) is 5.69 Å². The van der Waals surface area contributed by atoms with Gasteiger partial charge in [0.2, 0.25) is 0 Å². The van der Waals surface area contributed by atoms with Crippen LogP contribution in [0.3, 0.4) is 0 Å². The summed E-state index contributed by atoms with van der Waals surface area (Å²) in [5.41, 5.74) is 1.84. The van der Waals surface area contributed by atoms with Crippen molar-refractivity contribution in [3.8, 4) is 0 Å². The van der Waals surface area contributed by atoms with Gasteiger partial charge in [-0.1, -0.05) is 18.2 Å². The third kappa shape index (κ3) is 2.58. The number of carbonyl (C=O) groups is 1. The van der Waals surface area contributed by atoms with Crippen molar-refractivity contribution < 1.29 is 4.79 Å². The Morgan fingerprint density at radius 3 is 2.58 bits per heavy atom. The first kappa shape index (κ1) is 8.53. The maximum absolute atomic E-state index is 10.1. The van der Waals surface area contributed by atoms with Crippen LogP contribution in [0.1, 0.15) is 6.92 Å². The van der Waals surface area contributed by atoms with Crippen molar-refractivity contribution in [2.24, 2.45) is 0 Å². The molecule has 0 aliphatic rings. The molecule has 1 aromatic rings. The first-order chi connectivity index (χ1) is 5.83. The number of allylic oxidation sites excluding steroid dienone is 2. The molecule has 0 saturated carbocycles. The van der Waals surface area contributed by atoms with Crippen molar-refractivity contribution in [3.63, 3.8) is 0 Å². The molecule has 0 bridgehead atoms. The molecule has 0 aliphatic heterocycles. The topological polar surface area (TPSA) is 29.1 Å². The molecule has 0 aromatic heterocycles. The molecule has 62 valence electrons. The van der Waals surface area contributed by atoms with E-state index in [1.807, 2.05) is 37.3 Å². The average molecular weight is 161 g/mol. The van der Waals surface area contributed by atoms with Crippen LogP contribution in [-0.2, 0) is 4.79 Å². The largest absolute Gasteiger partial charge is 0.359 e. The molecule has 0 atom stereocenters. The van der Waals surface area contributed by atoms with Gasteiger partial charge in [0.25, 0.3) is 0 Å². The van der Waals surface area contributed by atoms with Crippen LogP contribution >= 0.6 is 0 Å². The lowest BCUT2D eigenvalue weighted by Gasteiger charge is -2.03. The zero-order valence-electron chi connectivity index (χ0n) is 6.95. The van der Waals surface area contributed by atoms with Gasteiger partial charge in [0.1, 0.15) is 6.29 Å². The lowest BCUT2D eigenvalue weighted by Crippen LogP contribution is -1.94. The summed E-state index contributed by atoms with van der Waals surface area (Å²) in [6.45, 7) is 1.85. The lowest BCUT2D eigenvalue weighted by atomic mass is 10.3. The standard InChI is InChI=1S/C10H11NO/c1-9(7-8-12)11-10-5-3-2-4-6-10/h2-8,11H,1H3. The fraction of sp³-hybridized carbons (Fsp3) is 0.100. The van der Waals surface area contributed by atoms with Gasteiger partial charge < -0.3 is 5.32 Å². The van der Waals surface area contributed by atoms with Crippen LogP contribution in [0.2, 0.25) is 0 Å². The fourth-order valence-corrected chi connectivity index (χ4v) is 0.893. The van der Waals surface area contributed by atoms with Crippen molar-refractivity contribution >= 4 is 12.0 Å². The van der Waals surface area contributed by atoms with E-state index >= 15 is 0 Å². The minimum atomic E-state index is 0.769. The summed E-state index contributed by atoms with van der Waals surface area (Å²) in [4.78, 5) is 10.1. The fourth-order valence-electron chi connectivity index (χ4n) is 0.893. The molecule has 0 spiro atoms. The molecule has 1 aromatic carbocycles. The Kier molecular flexibility index (Phi) is 3.08. The van der Waals surface area contributed by atoms with Gasteiger partial charge in [-0.3, -0.25) is 4.79 Å². The number of para-hydroxylation sites is 1. The van der Waals surface area contributed by atoms with Gasteiger partial charge in [-0.2, -0.15) is 0 Å². The van der Waals surface area contributed by atoms with Gasteiger partial charge in [0, 0.05) is 11.4 Å². The quantitative estimate of drug-likeness (QED) is 0.544. The Hall–Kier alpha value is -1.57. The molecule has 0 fully saturated rings. The molecular formula is C10H11NO. The minimum absolute atomic E-state index is 0.769. The number of anilines is 1. The van der Waals surface area contributed by atoms with Crippen LogP contribution in [0.5, 0.6) is 0 Å². The molecule has 12 heavy (non-hydrogen) atoms. The van der Waals surface area contributed by atoms with Crippen LogP contribution in [0.25, 0.3) is 0 Å². The molecule has 0 radical (unpaired) electrons. The maximum Gasteiger partial charge on any atom is 0.144 e. The number of hydrogen-bond acceptors (Lipinski definition) is 2. The van der Waals surface area contributed by atoms with Gasteiger partial charge in [0.05, 0.1) is 0 Å². The van der Waals surface area contributed by atoms with Gasteiger partial charge in [-0.05, 0) is 25.1 Å². The van der Waals surface area contributed by atoms with E-state index < -0.39 is 0 Å². The number of aldehydes is 1. The highest BCUT2D eigenvalue weighted by molar-refractivity contribution is 5.67. The van der Waals surface area contributed by atoms with Crippen LogP contribution < -0.4 is 5.32 Å². The van der Waals surface area contributed by atoms with Gasteiger partial charge in [-0.25, -0.2) is 0 Å². The highest BCUT2D eigenvalue weighted by Gasteiger charge is 1.88. The van der Waals surface area contributed by atoms with E-state index in [1.54, 1.807) is 0 Å². The summed E-state index contributed by atoms with van der Waals surface area (Å²) in [5, 5.41) is 3.07. The van der Waals surface area contributed by atoms with Crippen molar-refractivity contribution in [1.29, 1.82) is 0 Å². The molecule has 0 saturated heterocycles. The van der Waals surface area contributed by atoms with E-state index in [2.05, 4.69) is 5.32 Å². The highest BCUT2D eigenvalue weighted by Crippen LogP contribution is 2.07. The Morgan fingerprint density at radius 2 is 2.00 bits per heavy atom. The SMILES string of the molecule is CC(=CC=O)Nc1ccccc1. The van der Waals surface area contributed by atoms with E-state index in [0.29, 0.717) is 0 Å². The molecule has 2 heteroatoms. The molecule has 2 nitrogen and oxygen atoms in total. The molecule has 0 aliphatic carbocycles. The predicted octanol–water partition coefficient (Wildman–Crippen LogP) is 2.20. The summed E-state index contributed by atoms with van der Waals surface area (Å²) < 4.78 is 0. The summed E-state index contributed by atoms with van der Waals surface area (Å²) in [6, 6.07) is 9.72. The van der Waals surface area contributed by atoms with Crippen LogP contribution in [0.15, 0.2) is 42.1 Å². The van der Waals surface area contributed by atoms with E-state index in [9.17, 15) is 4.79 Å². The number of nitrogens with one attached hydrogen (secondary N) is 1. The third-order valence-corrected chi connectivity index (χ3v) is 1.43. The normalized spacial score (nSPS) is 10.9. The predicted molar refractivity (Wildman–Crippen MR) is 49.9 cm³/mol. The van der Waals surface area contributed by atoms with Gasteiger partial charge in [0.15, 0.2) is 0 Å². The molecular weight excluding hydrogens is 150 g/mol. The number of rotatable bonds is 3. The molecule has 0 unspecified atom stereocenters. The van der Waals surface area contributed by atoms with E-state index in [-0.39, 0.29) is 0 Å². The Balaban J connectivity index is 2.64. The maximum atomic E-state index is 10.1. The zero-order valence-corrected chi connectivity index (χ0v) is 6.95. The van der Waals surface area contributed by atoms with Crippen LogP contribution in [-0.4, -0.2) is 6.29 Å². The summed E-state index contributed by atoms with van der Waals surface area (Å²) >= 11 is 0. The van der Waals surface area contributed by atoms with E-state index in [0.717, 1.165) is 17.7 Å². The number of benzene rings is 1. The molecule has 0 amide bonds. The smallest absolute Gasteiger partial charge is 0.144 e. The monoisotopic (exact) mass is 161 g/mol. The number of carbonyl (C=O) groups excluding carboxylic acids is 1. The first-order valence-electron chi connectivity index (χ1n) is 3.77. The minimum Gasteiger partial charge on any atom is -0.359 e. The lowest BCUT2D eigenvalue weighted by molar-refractivity contribution is -0.104. The highest BCUT2D eigenvalue weighted by atomic mass is 16.1. The van der Waals surface area contributed by atoms with E-state index in [1.165, 1.54) is 6.08 Å². The van der Waals surface area contributed by atoms with Gasteiger partial charge in [-0.15, -0.1) is 0 Å². The zero-order chi connectivity index (χ0) is 8.81. The average Bonchev–Trinajstić information content (AvgIpc) is 2.06. The van der Waals surface area contributed by atoms with Gasteiger partial charge >= 0.3 is 0 Å². The second-order valence-corrected chi connectivity index (χ2v) is 2.48. The van der Waals surface area contributed by atoms with Crippen molar-refractivity contribution in [3.05, 3.63) is 42.1 Å². The summed E-state index contributed by atoms with van der Waals surface area (Å²) in [6.07, 6.45) is 2.26. The second kappa shape index (κ2) is 4.34.